The van der Waals surface area contributed by atoms with Gasteiger partial charge in [-0.05, 0) is 13.5 Å². The Morgan fingerprint density at radius 3 is 0.923 bits per heavy atom. The molecule has 0 aliphatic rings. The fourth-order valence-corrected chi connectivity index (χ4v) is 0. The van der Waals surface area contributed by atoms with Gasteiger partial charge in [0, 0.05) is 0 Å². The van der Waals surface area contributed by atoms with Gasteiger partial charge in [0.25, 0.3) is 6.08 Å². The summed E-state index contributed by atoms with van der Waals surface area (Å²) in [5, 5.41) is 0. The lowest BCUT2D eigenvalue weighted by molar-refractivity contribution is 0.426. The molecule has 0 aromatic carbocycles. The molecule has 0 aromatic heterocycles. The molecule has 0 heterocycles. The van der Waals surface area contributed by atoms with Crippen LogP contribution in [0.4, 0.5) is 37.0 Å². The van der Waals surface area contributed by atoms with Crippen molar-refractivity contribution in [3.63, 3.8) is 0 Å². The molecule has 0 aliphatic carbocycles. The average molecular weight is 226 g/mol. The number of halogens is 8. The zero-order valence-electron chi connectivity index (χ0n) is 6.70. The third-order valence-electron chi connectivity index (χ3n) is 0. The topological polar surface area (TPSA) is 0 Å². The second-order valence-corrected chi connectivity index (χ2v) is 0.747. The predicted octanol–water partition coefficient (Wildman–Crippen LogP) is 3.50. The van der Waals surface area contributed by atoms with Crippen LogP contribution < -0.4 is 0 Å². The molecular formula is C5H14F8. The molecule has 8 heteroatoms. The van der Waals surface area contributed by atoms with Gasteiger partial charge in [0.05, 0.1) is 0 Å². The fraction of sp³-hybridized carbons (Fsp3) is 0.200. The van der Waals surface area contributed by atoms with Crippen LogP contribution in [0.5, 0.6) is 0 Å². The summed E-state index contributed by atoms with van der Waals surface area (Å²) >= 11 is 0. The van der Waals surface area contributed by atoms with Crippen LogP contribution in [0.25, 0.3) is 0 Å². The Morgan fingerprint density at radius 2 is 0.923 bits per heavy atom. The van der Waals surface area contributed by atoms with E-state index in [9.17, 15) is 8.78 Å². The van der Waals surface area contributed by atoms with Crippen molar-refractivity contribution in [2.75, 3.05) is 0 Å². The number of hydrogen-bond acceptors (Lipinski definition) is 0. The predicted molar refractivity (Wildman–Crippen MR) is 42.2 cm³/mol. The minimum atomic E-state index is -1.83. The smallest absolute Gasteiger partial charge is 0.263 e. The summed E-state index contributed by atoms with van der Waals surface area (Å²) in [6, 6.07) is 0. The molecule has 0 rings (SSSR count). The maximum absolute atomic E-state index is 10.1. The molecule has 0 amide bonds. The molecule has 0 spiro atoms. The van der Waals surface area contributed by atoms with Gasteiger partial charge in [-0.25, -0.2) is 0 Å². The minimum absolute atomic E-state index is 0. The molecule has 0 atom stereocenters. The van der Waals surface area contributed by atoms with E-state index in [2.05, 4.69) is 13.2 Å². The lowest BCUT2D eigenvalue weighted by atomic mass is 10.8. The van der Waals surface area contributed by atoms with Gasteiger partial charge in [-0.1, -0.05) is 6.08 Å². The van der Waals surface area contributed by atoms with E-state index in [1.165, 1.54) is 0 Å². The van der Waals surface area contributed by atoms with Gasteiger partial charge in [0.2, 0.25) is 0 Å². The summed E-state index contributed by atoms with van der Waals surface area (Å²) in [7, 11) is 0. The highest BCUT2D eigenvalue weighted by Crippen LogP contribution is 1.85. The minimum Gasteiger partial charge on any atom is -0.269 e. The normalized spacial score (nSPS) is 3.00. The first-order valence-corrected chi connectivity index (χ1v) is 1.72. The highest BCUT2D eigenvalue weighted by atomic mass is 19.3. The van der Waals surface area contributed by atoms with E-state index in [1.807, 2.05) is 6.92 Å². The lowest BCUT2D eigenvalue weighted by Gasteiger charge is -1.54. The van der Waals surface area contributed by atoms with Crippen LogP contribution >= 0.6 is 0 Å². The molecule has 0 unspecified atom stereocenters. The monoisotopic (exact) mass is 226 g/mol. The van der Waals surface area contributed by atoms with E-state index in [-0.39, 0.29) is 28.2 Å². The van der Waals surface area contributed by atoms with Crippen LogP contribution in [0.3, 0.4) is 0 Å². The van der Waals surface area contributed by atoms with E-state index in [1.54, 1.807) is 6.08 Å². The highest BCUT2D eigenvalue weighted by molar-refractivity contribution is 4.57. The van der Waals surface area contributed by atoms with Gasteiger partial charge in [-0.15, -0.1) is 6.58 Å². The largest absolute Gasteiger partial charge is 0.269 e. The van der Waals surface area contributed by atoms with E-state index in [0.717, 1.165) is 0 Å². The zero-order chi connectivity index (χ0) is 6.28. The van der Waals surface area contributed by atoms with Crippen LogP contribution in [0.2, 0.25) is 0 Å². The maximum atomic E-state index is 10.1. The quantitative estimate of drug-likeness (QED) is 0.438. The van der Waals surface area contributed by atoms with Crippen LogP contribution in [0.1, 0.15) is 6.92 Å². The SMILES string of the molecule is C=C(F)F.C=CC.F.F.F.F.F.F. The van der Waals surface area contributed by atoms with E-state index in [4.69, 9.17) is 0 Å². The highest BCUT2D eigenvalue weighted by Gasteiger charge is 1.65. The van der Waals surface area contributed by atoms with Crippen molar-refractivity contribution >= 4 is 0 Å². The number of hydrogen-bond donors (Lipinski definition) is 0. The molecule has 0 aromatic rings. The molecule has 0 saturated carbocycles. The van der Waals surface area contributed by atoms with Crippen molar-refractivity contribution in [3.05, 3.63) is 25.3 Å². The maximum Gasteiger partial charge on any atom is 0.263 e. The molecule has 0 fully saturated rings. The Balaban J connectivity index is -0.00000000444. The van der Waals surface area contributed by atoms with Crippen molar-refractivity contribution in [2.24, 2.45) is 0 Å². The Morgan fingerprint density at radius 1 is 0.923 bits per heavy atom. The third-order valence-corrected chi connectivity index (χ3v) is 0. The van der Waals surface area contributed by atoms with E-state index in [0.29, 0.717) is 0 Å². The Labute approximate surface area is 70.5 Å². The Bertz CT molecular complexity index is 59.6. The second kappa shape index (κ2) is 126. The summed E-state index contributed by atoms with van der Waals surface area (Å²) in [6.45, 7) is 7.47. The molecule has 0 radical (unpaired) electrons. The van der Waals surface area contributed by atoms with Gasteiger partial charge in [0.15, 0.2) is 0 Å². The first-order chi connectivity index (χ1) is 3.15. The molecule has 0 aliphatic heterocycles. The second-order valence-electron chi connectivity index (χ2n) is 0.747. The lowest BCUT2D eigenvalue weighted by Crippen LogP contribution is -1.33. The van der Waals surface area contributed by atoms with Gasteiger partial charge in [0.1, 0.15) is 0 Å². The van der Waals surface area contributed by atoms with Crippen LogP contribution in [-0.4, -0.2) is 0 Å². The van der Waals surface area contributed by atoms with Crippen molar-refractivity contribution in [2.45, 2.75) is 6.92 Å². The van der Waals surface area contributed by atoms with Crippen LogP contribution in [0, 0.1) is 0 Å². The summed E-state index contributed by atoms with van der Waals surface area (Å²) in [5.41, 5.74) is 0. The fourth-order valence-electron chi connectivity index (χ4n) is 0. The summed E-state index contributed by atoms with van der Waals surface area (Å²) in [6.07, 6.45) is -0.0833. The third kappa shape index (κ3) is 745. The van der Waals surface area contributed by atoms with Crippen molar-refractivity contribution in [3.8, 4) is 0 Å². The van der Waals surface area contributed by atoms with E-state index >= 15 is 0 Å². The van der Waals surface area contributed by atoms with Gasteiger partial charge >= 0.3 is 0 Å². The Hall–Kier alpha value is -1.08. The van der Waals surface area contributed by atoms with Crippen molar-refractivity contribution < 1.29 is 37.0 Å². The van der Waals surface area contributed by atoms with Gasteiger partial charge in [-0.2, -0.15) is 8.78 Å². The zero-order valence-corrected chi connectivity index (χ0v) is 6.70. The first-order valence-electron chi connectivity index (χ1n) is 1.72. The molecule has 13 heavy (non-hydrogen) atoms. The van der Waals surface area contributed by atoms with E-state index < -0.39 is 6.08 Å². The molecule has 0 saturated heterocycles. The number of rotatable bonds is 0. The number of allylic oxidation sites excluding steroid dienone is 1. The molecule has 0 bridgehead atoms. The van der Waals surface area contributed by atoms with Gasteiger partial charge < -0.3 is 0 Å². The molecule has 90 valence electrons. The standard InChI is InChI=1S/C3H6.C2H2F2.6FH/c1-3-2;1-2(3)4;;;;;;/h3H,1H2,2H3;1H2;6*1H. The average Bonchev–Trinajstić information content (AvgIpc) is 1.33. The molecular weight excluding hydrogens is 212 g/mol. The first kappa shape index (κ1) is 92.5. The summed E-state index contributed by atoms with van der Waals surface area (Å²) < 4.78 is 20.3. The Kier molecular flexibility index (Phi) is 897. The van der Waals surface area contributed by atoms with Crippen LogP contribution in [-0.2, 0) is 0 Å². The van der Waals surface area contributed by atoms with Crippen molar-refractivity contribution in [1.82, 2.24) is 0 Å². The van der Waals surface area contributed by atoms with Crippen molar-refractivity contribution in [1.29, 1.82) is 0 Å². The summed E-state index contributed by atoms with van der Waals surface area (Å²) in [4.78, 5) is 0. The summed E-state index contributed by atoms with van der Waals surface area (Å²) in [5.74, 6) is 0. The molecule has 0 nitrogen and oxygen atoms in total. The molecule has 0 N–H and O–H groups in total. The van der Waals surface area contributed by atoms with Crippen LogP contribution in [0.15, 0.2) is 25.3 Å². The van der Waals surface area contributed by atoms with Gasteiger partial charge in [-0.3, -0.25) is 28.2 Å².